The van der Waals surface area contributed by atoms with Gasteiger partial charge >= 0.3 is 0 Å². The predicted molar refractivity (Wildman–Crippen MR) is 93.1 cm³/mol. The van der Waals surface area contributed by atoms with Crippen LogP contribution in [0.4, 0.5) is 5.13 Å². The van der Waals surface area contributed by atoms with Gasteiger partial charge in [-0.2, -0.15) is 0 Å². The molecule has 0 aliphatic heterocycles. The van der Waals surface area contributed by atoms with Gasteiger partial charge in [-0.15, -0.1) is 10.2 Å². The van der Waals surface area contributed by atoms with E-state index in [-0.39, 0.29) is 5.78 Å². The number of hydrogen-bond acceptors (Lipinski definition) is 6. The minimum atomic E-state index is 0.107. The molecule has 0 amide bonds. The summed E-state index contributed by atoms with van der Waals surface area (Å²) in [4.78, 5) is 12.3. The van der Waals surface area contributed by atoms with Gasteiger partial charge in [-0.05, 0) is 23.8 Å². The molecule has 0 saturated heterocycles. The molecule has 112 valence electrons. The van der Waals surface area contributed by atoms with E-state index in [2.05, 4.69) is 15.5 Å². The van der Waals surface area contributed by atoms with Gasteiger partial charge in [0.1, 0.15) is 0 Å². The van der Waals surface area contributed by atoms with Crippen LogP contribution in [-0.4, -0.2) is 28.3 Å². The Bertz CT molecular complexity index is 801. The summed E-state index contributed by atoms with van der Waals surface area (Å²) in [5, 5.41) is 14.2. The average molecular weight is 329 g/mol. The van der Waals surface area contributed by atoms with Crippen molar-refractivity contribution >= 4 is 44.8 Å². The van der Waals surface area contributed by atoms with Gasteiger partial charge in [0.05, 0.1) is 5.75 Å². The molecule has 1 heterocycles. The fourth-order valence-corrected chi connectivity index (χ4v) is 3.78. The number of carbonyl (C=O) groups excluding carboxylic acids is 1. The molecule has 3 rings (SSSR count). The van der Waals surface area contributed by atoms with Crippen LogP contribution in [0.2, 0.25) is 0 Å². The van der Waals surface area contributed by atoms with Gasteiger partial charge in [0.25, 0.3) is 0 Å². The summed E-state index contributed by atoms with van der Waals surface area (Å²) >= 11 is 2.91. The zero-order valence-corrected chi connectivity index (χ0v) is 13.7. The maximum atomic E-state index is 12.3. The molecule has 0 fully saturated rings. The number of ketones is 1. The van der Waals surface area contributed by atoms with Crippen molar-refractivity contribution in [1.82, 2.24) is 10.2 Å². The second-order valence-corrected chi connectivity index (χ2v) is 6.88. The van der Waals surface area contributed by atoms with E-state index in [1.807, 2.05) is 49.4 Å². The van der Waals surface area contributed by atoms with Crippen LogP contribution in [0, 0.1) is 0 Å². The highest BCUT2D eigenvalue weighted by Crippen LogP contribution is 2.26. The fraction of sp³-hybridized carbons (Fsp3) is 0.188. The van der Waals surface area contributed by atoms with Crippen molar-refractivity contribution in [1.29, 1.82) is 0 Å². The predicted octanol–water partition coefficient (Wildman–Crippen LogP) is 4.10. The molecule has 0 atom stereocenters. The smallest absolute Gasteiger partial charge is 0.206 e. The fourth-order valence-electron chi connectivity index (χ4n) is 2.06. The van der Waals surface area contributed by atoms with Gasteiger partial charge in [-0.3, -0.25) is 4.79 Å². The lowest BCUT2D eigenvalue weighted by Crippen LogP contribution is -2.02. The Morgan fingerprint density at radius 3 is 2.82 bits per heavy atom. The van der Waals surface area contributed by atoms with E-state index in [1.165, 1.54) is 23.1 Å². The van der Waals surface area contributed by atoms with Gasteiger partial charge in [-0.1, -0.05) is 59.5 Å². The monoisotopic (exact) mass is 329 g/mol. The number of thioether (sulfide) groups is 1. The molecule has 0 unspecified atom stereocenters. The summed E-state index contributed by atoms with van der Waals surface area (Å²) in [5.74, 6) is 0.481. The first-order valence-corrected chi connectivity index (χ1v) is 8.78. The lowest BCUT2D eigenvalue weighted by Gasteiger charge is -2.02. The molecule has 3 aromatic rings. The van der Waals surface area contributed by atoms with E-state index in [9.17, 15) is 4.79 Å². The van der Waals surface area contributed by atoms with Crippen LogP contribution in [-0.2, 0) is 0 Å². The number of nitrogens with zero attached hydrogens (tertiary/aromatic N) is 2. The normalized spacial score (nSPS) is 10.8. The second-order valence-electron chi connectivity index (χ2n) is 4.68. The highest BCUT2D eigenvalue weighted by Gasteiger charge is 2.10. The average Bonchev–Trinajstić information content (AvgIpc) is 3.00. The Morgan fingerprint density at radius 2 is 2.00 bits per heavy atom. The Balaban J connectivity index is 1.67. The van der Waals surface area contributed by atoms with Gasteiger partial charge in [0.2, 0.25) is 5.13 Å². The molecule has 0 radical (unpaired) electrons. The number of carbonyl (C=O) groups is 1. The number of Topliss-reactive ketones (excluding diaryl/α,β-unsaturated/α-hetero) is 1. The third-order valence-corrected chi connectivity index (χ3v) is 5.15. The molecule has 0 bridgehead atoms. The topological polar surface area (TPSA) is 54.9 Å². The maximum Gasteiger partial charge on any atom is 0.206 e. The van der Waals surface area contributed by atoms with E-state index in [0.717, 1.165) is 32.4 Å². The first kappa shape index (κ1) is 15.0. The van der Waals surface area contributed by atoms with E-state index in [1.54, 1.807) is 0 Å². The zero-order chi connectivity index (χ0) is 15.4. The van der Waals surface area contributed by atoms with Crippen LogP contribution in [0.25, 0.3) is 10.8 Å². The summed E-state index contributed by atoms with van der Waals surface area (Å²) in [5.41, 5.74) is 0.739. The highest BCUT2D eigenvalue weighted by molar-refractivity contribution is 8.01. The summed E-state index contributed by atoms with van der Waals surface area (Å²) < 4.78 is 0.810. The summed E-state index contributed by atoms with van der Waals surface area (Å²) in [7, 11) is 0. The van der Waals surface area contributed by atoms with Crippen LogP contribution in [0.5, 0.6) is 0 Å². The van der Waals surface area contributed by atoms with Crippen molar-refractivity contribution < 1.29 is 4.79 Å². The van der Waals surface area contributed by atoms with Gasteiger partial charge < -0.3 is 5.32 Å². The third-order valence-electron chi connectivity index (χ3n) is 3.13. The molecule has 0 aliphatic rings. The van der Waals surface area contributed by atoms with Gasteiger partial charge in [0, 0.05) is 12.1 Å². The standard InChI is InChI=1S/C16H15N3OS2/c1-2-17-15-18-19-16(22-15)21-10-14(20)13-8-7-11-5-3-4-6-12(11)9-13/h3-9H,2,10H2,1H3,(H,17,18). The van der Waals surface area contributed by atoms with Crippen molar-refractivity contribution in [3.63, 3.8) is 0 Å². The molecule has 2 aromatic carbocycles. The molecule has 1 aromatic heterocycles. The number of anilines is 1. The Hall–Kier alpha value is -1.92. The minimum Gasteiger partial charge on any atom is -0.360 e. The Labute approximate surface area is 137 Å². The second kappa shape index (κ2) is 6.89. The number of rotatable bonds is 6. The van der Waals surface area contributed by atoms with Gasteiger partial charge in [-0.25, -0.2) is 0 Å². The van der Waals surface area contributed by atoms with Crippen LogP contribution >= 0.6 is 23.1 Å². The lowest BCUT2D eigenvalue weighted by molar-refractivity contribution is 0.102. The van der Waals surface area contributed by atoms with Crippen molar-refractivity contribution in [2.24, 2.45) is 0 Å². The Kier molecular flexibility index (Phi) is 4.70. The van der Waals surface area contributed by atoms with Crippen molar-refractivity contribution in [3.8, 4) is 0 Å². The van der Waals surface area contributed by atoms with Crippen LogP contribution < -0.4 is 5.32 Å². The van der Waals surface area contributed by atoms with Crippen molar-refractivity contribution in [3.05, 3.63) is 48.0 Å². The molecular weight excluding hydrogens is 314 g/mol. The first-order chi connectivity index (χ1) is 10.8. The molecule has 0 saturated carbocycles. The van der Waals surface area contributed by atoms with E-state index in [4.69, 9.17) is 0 Å². The molecule has 0 spiro atoms. The SMILES string of the molecule is CCNc1nnc(SCC(=O)c2ccc3ccccc3c2)s1. The van der Waals surface area contributed by atoms with Crippen LogP contribution in [0.1, 0.15) is 17.3 Å². The van der Waals surface area contributed by atoms with Crippen molar-refractivity contribution in [2.75, 3.05) is 17.6 Å². The molecule has 1 N–H and O–H groups in total. The third kappa shape index (κ3) is 3.45. The molecule has 6 heteroatoms. The molecular formula is C16H15N3OS2. The number of hydrogen-bond donors (Lipinski definition) is 1. The number of benzene rings is 2. The highest BCUT2D eigenvalue weighted by atomic mass is 32.2. The summed E-state index contributed by atoms with van der Waals surface area (Å²) in [6.07, 6.45) is 0. The number of nitrogens with one attached hydrogen (secondary N) is 1. The minimum absolute atomic E-state index is 0.107. The zero-order valence-electron chi connectivity index (χ0n) is 12.1. The van der Waals surface area contributed by atoms with E-state index < -0.39 is 0 Å². The van der Waals surface area contributed by atoms with Crippen LogP contribution in [0.15, 0.2) is 46.8 Å². The van der Waals surface area contributed by atoms with Gasteiger partial charge in [0.15, 0.2) is 10.1 Å². The number of aromatic nitrogens is 2. The number of fused-ring (bicyclic) bond motifs is 1. The summed E-state index contributed by atoms with van der Waals surface area (Å²) in [6, 6.07) is 13.9. The first-order valence-electron chi connectivity index (χ1n) is 6.98. The molecule has 4 nitrogen and oxygen atoms in total. The largest absolute Gasteiger partial charge is 0.360 e. The maximum absolute atomic E-state index is 12.3. The molecule has 0 aliphatic carbocycles. The summed E-state index contributed by atoms with van der Waals surface area (Å²) in [6.45, 7) is 2.83. The lowest BCUT2D eigenvalue weighted by atomic mass is 10.1. The van der Waals surface area contributed by atoms with E-state index in [0.29, 0.717) is 5.75 Å². The van der Waals surface area contributed by atoms with E-state index >= 15 is 0 Å². The van der Waals surface area contributed by atoms with Crippen LogP contribution in [0.3, 0.4) is 0 Å². The Morgan fingerprint density at radius 1 is 1.18 bits per heavy atom. The van der Waals surface area contributed by atoms with Crippen molar-refractivity contribution in [2.45, 2.75) is 11.3 Å². The quantitative estimate of drug-likeness (QED) is 0.545. The molecule has 22 heavy (non-hydrogen) atoms.